The second kappa shape index (κ2) is 13.2. The molecule has 0 aromatic rings. The average Bonchev–Trinajstić information content (AvgIpc) is 2.64. The number of ether oxygens (including phenoxy) is 1. The Morgan fingerprint density at radius 3 is 2.32 bits per heavy atom. The number of nitrogens with zero attached hydrogens (tertiary/aromatic N) is 1. The number of rotatable bonds is 12. The molecule has 5 N–H and O–H groups in total. The van der Waals surface area contributed by atoms with Crippen LogP contribution in [0.3, 0.4) is 0 Å². The Balaban J connectivity index is 2.66. The number of oxime groups is 1. The zero-order chi connectivity index (χ0) is 21.2. The lowest BCUT2D eigenvalue weighted by atomic mass is 10.0. The first-order valence-electron chi connectivity index (χ1n) is 8.88. The van der Waals surface area contributed by atoms with Crippen LogP contribution in [0.1, 0.15) is 38.5 Å². The molecule has 1 rings (SSSR count). The van der Waals surface area contributed by atoms with E-state index in [4.69, 9.17) is 9.29 Å². The number of aliphatic hydroxyl groups excluding tert-OH is 4. The number of thioether (sulfide) groups is 2. The maximum atomic E-state index is 10.8. The van der Waals surface area contributed by atoms with Crippen LogP contribution in [0.25, 0.3) is 0 Å². The molecule has 1 fully saturated rings. The van der Waals surface area contributed by atoms with Crippen LogP contribution in [-0.2, 0) is 19.4 Å². The Kier molecular flexibility index (Phi) is 12.3. The normalized spacial score (nSPS) is 29.1. The lowest BCUT2D eigenvalue weighted by molar-refractivity contribution is -0.205. The largest absolute Gasteiger partial charge is 0.466 e. The van der Waals surface area contributed by atoms with Crippen molar-refractivity contribution in [1.82, 2.24) is 0 Å². The summed E-state index contributed by atoms with van der Waals surface area (Å²) in [4.78, 5) is 0. The van der Waals surface area contributed by atoms with Gasteiger partial charge in [-0.25, -0.2) is 4.28 Å². The van der Waals surface area contributed by atoms with E-state index in [-0.39, 0.29) is 5.04 Å². The van der Waals surface area contributed by atoms with Crippen molar-refractivity contribution in [2.75, 3.05) is 18.6 Å². The molecule has 5 atom stereocenters. The van der Waals surface area contributed by atoms with Gasteiger partial charge < -0.3 is 25.2 Å². The molecule has 0 radical (unpaired) electrons. The maximum absolute atomic E-state index is 10.8. The molecule has 166 valence electrons. The fourth-order valence-corrected chi connectivity index (χ4v) is 4.40. The average molecular weight is 464 g/mol. The monoisotopic (exact) mass is 463 g/mol. The van der Waals surface area contributed by atoms with Gasteiger partial charge in [-0.15, -0.1) is 0 Å². The summed E-state index contributed by atoms with van der Waals surface area (Å²) < 4.78 is 39.7. The van der Waals surface area contributed by atoms with Crippen LogP contribution >= 0.6 is 23.5 Å². The minimum atomic E-state index is -4.79. The van der Waals surface area contributed by atoms with E-state index >= 15 is 0 Å². The predicted molar refractivity (Wildman–Crippen MR) is 108 cm³/mol. The van der Waals surface area contributed by atoms with Crippen LogP contribution in [-0.4, -0.2) is 86.9 Å². The van der Waals surface area contributed by atoms with Crippen molar-refractivity contribution >= 4 is 39.0 Å². The van der Waals surface area contributed by atoms with Gasteiger partial charge in [-0.2, -0.15) is 20.2 Å². The number of hydrogen-bond donors (Lipinski definition) is 5. The van der Waals surface area contributed by atoms with E-state index in [9.17, 15) is 28.8 Å². The molecule has 1 saturated heterocycles. The zero-order valence-electron chi connectivity index (χ0n) is 15.6. The summed E-state index contributed by atoms with van der Waals surface area (Å²) in [5.41, 5.74) is -1.11. The first-order chi connectivity index (χ1) is 13.2. The van der Waals surface area contributed by atoms with E-state index in [0.717, 1.165) is 43.2 Å². The highest BCUT2D eigenvalue weighted by molar-refractivity contribution is 8.14. The highest BCUT2D eigenvalue weighted by Crippen LogP contribution is 2.30. The lowest BCUT2D eigenvalue weighted by Crippen LogP contribution is -2.57. The number of aliphatic hydroxyl groups is 4. The van der Waals surface area contributed by atoms with Gasteiger partial charge in [0.2, 0.25) is 0 Å². The molecule has 0 spiro atoms. The molecule has 1 aliphatic heterocycles. The van der Waals surface area contributed by atoms with Gasteiger partial charge in [0, 0.05) is 0 Å². The smallest absolute Gasteiger partial charge is 0.394 e. The topological polar surface area (TPSA) is 166 Å². The van der Waals surface area contributed by atoms with Crippen LogP contribution in [0, 0.1) is 0 Å². The third kappa shape index (κ3) is 9.59. The second-order valence-electron chi connectivity index (χ2n) is 6.31. The van der Waals surface area contributed by atoms with Gasteiger partial charge in [0.05, 0.1) is 6.61 Å². The third-order valence-electron chi connectivity index (χ3n) is 4.07. The third-order valence-corrected chi connectivity index (χ3v) is 6.21. The fourth-order valence-electron chi connectivity index (χ4n) is 2.57. The summed E-state index contributed by atoms with van der Waals surface area (Å²) in [5.74, 6) is 1.10. The van der Waals surface area contributed by atoms with E-state index in [1.165, 1.54) is 0 Å². The van der Waals surface area contributed by atoms with Crippen molar-refractivity contribution in [2.45, 2.75) is 68.4 Å². The molecular formula is C15H29NO9S3. The molecule has 0 aromatic heterocycles. The van der Waals surface area contributed by atoms with E-state index in [1.807, 2.05) is 6.26 Å². The van der Waals surface area contributed by atoms with Crippen LogP contribution in [0.4, 0.5) is 0 Å². The molecule has 0 unspecified atom stereocenters. The van der Waals surface area contributed by atoms with E-state index in [0.29, 0.717) is 12.8 Å². The first-order valence-corrected chi connectivity index (χ1v) is 12.5. The summed E-state index contributed by atoms with van der Waals surface area (Å²) in [6, 6.07) is 0. The summed E-state index contributed by atoms with van der Waals surface area (Å²) >= 11 is 2.59. The van der Waals surface area contributed by atoms with Gasteiger partial charge in [0.25, 0.3) is 0 Å². The van der Waals surface area contributed by atoms with E-state index in [1.54, 1.807) is 11.8 Å². The summed E-state index contributed by atoms with van der Waals surface area (Å²) in [5, 5.41) is 42.5. The number of unbranched alkanes of at least 4 members (excludes halogenated alkanes) is 4. The molecule has 28 heavy (non-hydrogen) atoms. The van der Waals surface area contributed by atoms with Crippen molar-refractivity contribution in [2.24, 2.45) is 5.16 Å². The standard InChI is InChI=1S/C15H29NO9S3/c1-26-8-6-4-2-3-5-7-11(16-25-28(21,22)23)27-15-14(20)13(19)12(18)10(9-17)24-15/h10,12-15,17-20H,2-9H2,1H3,(H,21,22,23)/b16-11-/t10-,12-,13+,14-,15+/m1/s1. The molecule has 13 heteroatoms. The molecule has 1 heterocycles. The molecule has 0 aromatic carbocycles. The van der Waals surface area contributed by atoms with Crippen molar-refractivity contribution in [3.8, 4) is 0 Å². The van der Waals surface area contributed by atoms with Crippen LogP contribution in [0.2, 0.25) is 0 Å². The summed E-state index contributed by atoms with van der Waals surface area (Å²) in [6.07, 6.45) is 1.45. The Bertz CT molecular complexity index is 573. The quantitative estimate of drug-likeness (QED) is 0.0891. The van der Waals surface area contributed by atoms with Crippen molar-refractivity contribution in [3.05, 3.63) is 0 Å². The fraction of sp³-hybridized carbons (Fsp3) is 0.933. The van der Waals surface area contributed by atoms with Gasteiger partial charge >= 0.3 is 10.4 Å². The predicted octanol–water partition coefficient (Wildman–Crippen LogP) is 0.356. The van der Waals surface area contributed by atoms with Gasteiger partial charge in [-0.05, 0) is 31.3 Å². The zero-order valence-corrected chi connectivity index (χ0v) is 18.0. The van der Waals surface area contributed by atoms with Crippen molar-refractivity contribution in [3.63, 3.8) is 0 Å². The molecule has 0 aliphatic carbocycles. The Morgan fingerprint density at radius 1 is 1.07 bits per heavy atom. The highest BCUT2D eigenvalue weighted by Gasteiger charge is 2.44. The first kappa shape index (κ1) is 25.9. The van der Waals surface area contributed by atoms with Crippen molar-refractivity contribution < 1.29 is 42.4 Å². The minimum Gasteiger partial charge on any atom is -0.394 e. The Hall–Kier alpha value is -0.120. The van der Waals surface area contributed by atoms with Gasteiger partial charge in [-0.1, -0.05) is 36.2 Å². The van der Waals surface area contributed by atoms with Crippen molar-refractivity contribution in [1.29, 1.82) is 0 Å². The number of hydrogen-bond acceptors (Lipinski definition) is 11. The molecule has 1 aliphatic rings. The Morgan fingerprint density at radius 2 is 1.71 bits per heavy atom. The van der Waals surface area contributed by atoms with Crippen LogP contribution < -0.4 is 0 Å². The van der Waals surface area contributed by atoms with Gasteiger partial charge in [0.1, 0.15) is 34.9 Å². The molecule has 0 saturated carbocycles. The summed E-state index contributed by atoms with van der Waals surface area (Å²) in [7, 11) is -4.79. The molecule has 0 bridgehead atoms. The molecular weight excluding hydrogens is 434 g/mol. The maximum Gasteiger partial charge on any atom is 0.466 e. The highest BCUT2D eigenvalue weighted by atomic mass is 32.3. The molecule has 0 amide bonds. The molecule has 10 nitrogen and oxygen atoms in total. The van der Waals surface area contributed by atoms with Gasteiger partial charge in [0.15, 0.2) is 0 Å². The lowest BCUT2D eigenvalue weighted by Gasteiger charge is -2.39. The van der Waals surface area contributed by atoms with Crippen LogP contribution in [0.15, 0.2) is 5.16 Å². The SMILES string of the molecule is CSCCCCCCC/C(=N/OS(=O)(=O)O)S[C@@H]1O[C@H](CO)[C@@H](O)[C@H](O)[C@H]1O. The Labute approximate surface area is 173 Å². The van der Waals surface area contributed by atoms with E-state index in [2.05, 4.69) is 9.44 Å². The second-order valence-corrected chi connectivity index (χ2v) is 9.47. The van der Waals surface area contributed by atoms with Crippen LogP contribution in [0.5, 0.6) is 0 Å². The van der Waals surface area contributed by atoms with E-state index < -0.39 is 46.9 Å². The van der Waals surface area contributed by atoms with Gasteiger partial charge in [-0.3, -0.25) is 4.55 Å². The minimum absolute atomic E-state index is 0.131. The summed E-state index contributed by atoms with van der Waals surface area (Å²) in [6.45, 7) is -0.577.